The number of rotatable bonds is 4. The summed E-state index contributed by atoms with van der Waals surface area (Å²) in [5.74, 6) is -4.60. The molecule has 0 rings (SSSR count). The van der Waals surface area contributed by atoms with Gasteiger partial charge in [0.25, 0.3) is 0 Å². The molecule has 0 aromatic rings. The Kier molecular flexibility index (Phi) is 4.10. The average molecular weight is 196 g/mol. The molecule has 76 valence electrons. The Hall–Kier alpha value is -0.870. The highest BCUT2D eigenvalue weighted by atomic mass is 19.4. The number of hydrogen-bond donors (Lipinski definition) is 0. The van der Waals surface area contributed by atoms with Gasteiger partial charge in [0.1, 0.15) is 5.78 Å². The molecule has 0 saturated carbocycles. The van der Waals surface area contributed by atoms with Crippen LogP contribution in [-0.4, -0.2) is 17.7 Å². The Morgan fingerprint density at radius 2 is 1.77 bits per heavy atom. The van der Waals surface area contributed by atoms with Gasteiger partial charge in [-0.1, -0.05) is 6.92 Å². The van der Waals surface area contributed by atoms with Crippen LogP contribution < -0.4 is 0 Å². The Bertz CT molecular complexity index is 208. The molecule has 2 nitrogen and oxygen atoms in total. The van der Waals surface area contributed by atoms with Crippen LogP contribution in [0.3, 0.4) is 0 Å². The van der Waals surface area contributed by atoms with Crippen molar-refractivity contribution in [1.29, 1.82) is 0 Å². The molecule has 1 unspecified atom stereocenters. The SMILES string of the molecule is CCCC(=O)C(C(C)=O)C(F)(F)F. The minimum atomic E-state index is -4.74. The molecule has 0 aromatic carbocycles. The van der Waals surface area contributed by atoms with Gasteiger partial charge in [-0.25, -0.2) is 0 Å². The third-order valence-corrected chi connectivity index (χ3v) is 1.55. The number of Topliss-reactive ketones (excluding diaryl/α,β-unsaturated/α-hetero) is 2. The molecule has 0 radical (unpaired) electrons. The molecule has 0 saturated heterocycles. The number of halogens is 3. The van der Waals surface area contributed by atoms with E-state index in [0.717, 1.165) is 6.92 Å². The molecule has 5 heteroatoms. The van der Waals surface area contributed by atoms with E-state index >= 15 is 0 Å². The van der Waals surface area contributed by atoms with Gasteiger partial charge in [-0.3, -0.25) is 9.59 Å². The average Bonchev–Trinajstić information content (AvgIpc) is 1.82. The van der Waals surface area contributed by atoms with Crippen molar-refractivity contribution in [2.45, 2.75) is 32.9 Å². The van der Waals surface area contributed by atoms with Crippen molar-refractivity contribution < 1.29 is 22.8 Å². The quantitative estimate of drug-likeness (QED) is 0.645. The molecule has 0 spiro atoms. The highest BCUT2D eigenvalue weighted by Gasteiger charge is 2.47. The van der Waals surface area contributed by atoms with E-state index in [1.807, 2.05) is 0 Å². The molecule has 0 fully saturated rings. The number of hydrogen-bond acceptors (Lipinski definition) is 2. The lowest BCUT2D eigenvalue weighted by molar-refractivity contribution is -0.184. The zero-order chi connectivity index (χ0) is 10.6. The van der Waals surface area contributed by atoms with Gasteiger partial charge in [-0.15, -0.1) is 0 Å². The topological polar surface area (TPSA) is 34.1 Å². The standard InChI is InChI=1S/C8H11F3O2/c1-3-4-6(13)7(5(2)12)8(9,10)11/h7H,3-4H2,1-2H3. The van der Waals surface area contributed by atoms with Gasteiger partial charge in [0.2, 0.25) is 0 Å². The summed E-state index contributed by atoms with van der Waals surface area (Å²) in [6.45, 7) is 2.37. The molecule has 0 aliphatic carbocycles. The van der Waals surface area contributed by atoms with Crippen LogP contribution in [0.1, 0.15) is 26.7 Å². The summed E-state index contributed by atoms with van der Waals surface area (Å²) in [5.41, 5.74) is 0. The second-order valence-electron chi connectivity index (χ2n) is 2.80. The zero-order valence-corrected chi connectivity index (χ0v) is 7.44. The van der Waals surface area contributed by atoms with Crippen molar-refractivity contribution in [3.05, 3.63) is 0 Å². The highest BCUT2D eigenvalue weighted by molar-refractivity contribution is 6.02. The van der Waals surface area contributed by atoms with Crippen molar-refractivity contribution in [1.82, 2.24) is 0 Å². The summed E-state index contributed by atoms with van der Waals surface area (Å²) in [7, 11) is 0. The van der Waals surface area contributed by atoms with E-state index < -0.39 is 23.7 Å². The molecule has 0 heterocycles. The van der Waals surface area contributed by atoms with E-state index in [1.165, 1.54) is 0 Å². The monoisotopic (exact) mass is 196 g/mol. The van der Waals surface area contributed by atoms with Crippen molar-refractivity contribution in [2.75, 3.05) is 0 Å². The van der Waals surface area contributed by atoms with E-state index in [0.29, 0.717) is 6.42 Å². The van der Waals surface area contributed by atoms with E-state index in [4.69, 9.17) is 0 Å². The minimum absolute atomic E-state index is 0.205. The van der Waals surface area contributed by atoms with Crippen molar-refractivity contribution >= 4 is 11.6 Å². The zero-order valence-electron chi connectivity index (χ0n) is 7.44. The van der Waals surface area contributed by atoms with Crippen LogP contribution in [0, 0.1) is 5.92 Å². The van der Waals surface area contributed by atoms with Crippen LogP contribution in [0.15, 0.2) is 0 Å². The van der Waals surface area contributed by atoms with Gasteiger partial charge >= 0.3 is 6.18 Å². The number of carbonyl (C=O) groups excluding carboxylic acids is 2. The molecule has 0 bridgehead atoms. The minimum Gasteiger partial charge on any atom is -0.299 e. The summed E-state index contributed by atoms with van der Waals surface area (Å²) >= 11 is 0. The molecule has 0 aliphatic rings. The molecule has 0 aromatic heterocycles. The first-order valence-electron chi connectivity index (χ1n) is 3.90. The molecule has 13 heavy (non-hydrogen) atoms. The summed E-state index contributed by atoms with van der Waals surface area (Å²) in [6.07, 6.45) is -4.62. The third kappa shape index (κ3) is 3.57. The van der Waals surface area contributed by atoms with Crippen molar-refractivity contribution in [3.8, 4) is 0 Å². The van der Waals surface area contributed by atoms with Crippen LogP contribution in [0.25, 0.3) is 0 Å². The molecule has 1 atom stereocenters. The summed E-state index contributed by atoms with van der Waals surface area (Å²) in [4.78, 5) is 21.5. The van der Waals surface area contributed by atoms with Crippen LogP contribution in [0.4, 0.5) is 13.2 Å². The number of alkyl halides is 3. The first-order chi connectivity index (χ1) is 5.80. The van der Waals surface area contributed by atoms with Gasteiger partial charge in [0.15, 0.2) is 11.7 Å². The fourth-order valence-corrected chi connectivity index (χ4v) is 1.03. The molecule has 0 aliphatic heterocycles. The van der Waals surface area contributed by atoms with Gasteiger partial charge in [0.05, 0.1) is 0 Å². The Labute approximate surface area is 74.1 Å². The van der Waals surface area contributed by atoms with Crippen LogP contribution in [-0.2, 0) is 9.59 Å². The highest BCUT2D eigenvalue weighted by Crippen LogP contribution is 2.28. The van der Waals surface area contributed by atoms with E-state index in [-0.39, 0.29) is 6.42 Å². The maximum Gasteiger partial charge on any atom is 0.405 e. The fraction of sp³-hybridized carbons (Fsp3) is 0.750. The lowest BCUT2D eigenvalue weighted by Gasteiger charge is -2.15. The van der Waals surface area contributed by atoms with E-state index in [2.05, 4.69) is 0 Å². The van der Waals surface area contributed by atoms with Gasteiger partial charge in [-0.05, 0) is 13.3 Å². The van der Waals surface area contributed by atoms with Gasteiger partial charge < -0.3 is 0 Å². The van der Waals surface area contributed by atoms with Crippen molar-refractivity contribution in [2.24, 2.45) is 5.92 Å². The Balaban J connectivity index is 4.63. The van der Waals surface area contributed by atoms with E-state index in [9.17, 15) is 22.8 Å². The number of ketones is 2. The third-order valence-electron chi connectivity index (χ3n) is 1.55. The smallest absolute Gasteiger partial charge is 0.299 e. The van der Waals surface area contributed by atoms with Crippen LogP contribution >= 0.6 is 0 Å². The second kappa shape index (κ2) is 4.39. The molecular weight excluding hydrogens is 185 g/mol. The maximum atomic E-state index is 12.1. The molecule has 0 amide bonds. The Morgan fingerprint density at radius 1 is 1.31 bits per heavy atom. The van der Waals surface area contributed by atoms with Crippen LogP contribution in [0.2, 0.25) is 0 Å². The molecular formula is C8H11F3O2. The largest absolute Gasteiger partial charge is 0.405 e. The summed E-state index contributed by atoms with van der Waals surface area (Å²) < 4.78 is 36.3. The lowest BCUT2D eigenvalue weighted by atomic mass is 9.96. The van der Waals surface area contributed by atoms with Gasteiger partial charge in [-0.2, -0.15) is 13.2 Å². The number of carbonyl (C=O) groups is 2. The first-order valence-corrected chi connectivity index (χ1v) is 3.90. The van der Waals surface area contributed by atoms with Gasteiger partial charge in [0, 0.05) is 6.42 Å². The lowest BCUT2D eigenvalue weighted by Crippen LogP contribution is -2.36. The second-order valence-corrected chi connectivity index (χ2v) is 2.80. The molecule has 0 N–H and O–H groups in total. The predicted molar refractivity (Wildman–Crippen MR) is 40.1 cm³/mol. The van der Waals surface area contributed by atoms with Crippen LogP contribution in [0.5, 0.6) is 0 Å². The maximum absolute atomic E-state index is 12.1. The predicted octanol–water partition coefficient (Wildman–Crippen LogP) is 2.12. The summed E-state index contributed by atoms with van der Waals surface area (Å²) in [5, 5.41) is 0. The normalized spacial score (nSPS) is 13.9. The summed E-state index contributed by atoms with van der Waals surface area (Å²) in [6, 6.07) is 0. The Morgan fingerprint density at radius 3 is 2.00 bits per heavy atom. The first kappa shape index (κ1) is 12.1. The van der Waals surface area contributed by atoms with Crippen molar-refractivity contribution in [3.63, 3.8) is 0 Å². The fourth-order valence-electron chi connectivity index (χ4n) is 1.03. The van der Waals surface area contributed by atoms with E-state index in [1.54, 1.807) is 6.92 Å².